The molecule has 0 aromatic heterocycles. The summed E-state index contributed by atoms with van der Waals surface area (Å²) in [4.78, 5) is 2.31. The van der Waals surface area contributed by atoms with E-state index in [0.29, 0.717) is 0 Å². The zero-order chi connectivity index (χ0) is 15.5. The molecule has 0 saturated carbocycles. The molecule has 0 N–H and O–H groups in total. The van der Waals surface area contributed by atoms with Gasteiger partial charge in [-0.3, -0.25) is 0 Å². The van der Waals surface area contributed by atoms with Crippen molar-refractivity contribution in [2.75, 3.05) is 4.90 Å². The molecule has 0 aliphatic heterocycles. The Balaban J connectivity index is 1.85. The molecule has 0 amide bonds. The van der Waals surface area contributed by atoms with E-state index in [2.05, 4.69) is 95.9 Å². The summed E-state index contributed by atoms with van der Waals surface area (Å²) in [6, 6.07) is 27.9. The highest BCUT2D eigenvalue weighted by molar-refractivity contribution is 5.78. The molecule has 0 unspecified atom stereocenters. The number of rotatable bonds is 3. The molecule has 112 valence electrons. The fraction of sp³-hybridized carbons (Fsp3) is 0.0909. The van der Waals surface area contributed by atoms with Crippen molar-refractivity contribution >= 4 is 23.1 Å². The first-order valence-electron chi connectivity index (χ1n) is 8.11. The third-order valence-electron chi connectivity index (χ3n) is 4.29. The van der Waals surface area contributed by atoms with Gasteiger partial charge in [-0.05, 0) is 60.4 Å². The molecule has 0 atom stereocenters. The maximum atomic E-state index is 2.31. The van der Waals surface area contributed by atoms with Gasteiger partial charge in [-0.15, -0.1) is 0 Å². The van der Waals surface area contributed by atoms with Gasteiger partial charge >= 0.3 is 0 Å². The average molecular weight is 297 g/mol. The molecule has 0 bridgehead atoms. The fourth-order valence-corrected chi connectivity index (χ4v) is 3.15. The first-order valence-corrected chi connectivity index (χ1v) is 8.11. The van der Waals surface area contributed by atoms with Crippen LogP contribution in [-0.4, -0.2) is 0 Å². The molecule has 1 nitrogen and oxygen atoms in total. The number of benzene rings is 3. The third-order valence-corrected chi connectivity index (χ3v) is 4.29. The molecule has 3 aromatic carbocycles. The second-order valence-corrected chi connectivity index (χ2v) is 5.83. The largest absolute Gasteiger partial charge is 0.310 e. The Hall–Kier alpha value is -2.80. The van der Waals surface area contributed by atoms with Crippen LogP contribution in [0, 0.1) is 0 Å². The molecule has 0 radical (unpaired) electrons. The van der Waals surface area contributed by atoms with Crippen LogP contribution >= 0.6 is 0 Å². The number of hydrogen-bond acceptors (Lipinski definition) is 1. The lowest BCUT2D eigenvalue weighted by molar-refractivity contribution is 0.985. The SMILES string of the molecule is C1=Cc2cc(N(c3ccccc3)c3ccccc3)ccc2CC1. The Morgan fingerprint density at radius 2 is 1.30 bits per heavy atom. The number of anilines is 3. The summed E-state index contributed by atoms with van der Waals surface area (Å²) in [7, 11) is 0. The van der Waals surface area contributed by atoms with E-state index >= 15 is 0 Å². The molecule has 0 spiro atoms. The first-order chi connectivity index (χ1) is 11.4. The van der Waals surface area contributed by atoms with Gasteiger partial charge in [0.25, 0.3) is 0 Å². The van der Waals surface area contributed by atoms with Crippen molar-refractivity contribution < 1.29 is 0 Å². The van der Waals surface area contributed by atoms with E-state index in [1.807, 2.05) is 0 Å². The molecule has 1 aliphatic carbocycles. The smallest absolute Gasteiger partial charge is 0.0467 e. The standard InChI is InChI=1S/C22H19N/c1-3-11-20(12-4-1)23(21-13-5-2-6-14-21)22-16-15-18-9-7-8-10-19(18)17-22/h1-6,8,10-17H,7,9H2. The van der Waals surface area contributed by atoms with Gasteiger partial charge in [-0.2, -0.15) is 0 Å². The van der Waals surface area contributed by atoms with Crippen LogP contribution in [0.4, 0.5) is 17.1 Å². The van der Waals surface area contributed by atoms with Crippen LogP contribution in [0.2, 0.25) is 0 Å². The van der Waals surface area contributed by atoms with Crippen molar-refractivity contribution in [1.29, 1.82) is 0 Å². The summed E-state index contributed by atoms with van der Waals surface area (Å²) in [5, 5.41) is 0. The van der Waals surface area contributed by atoms with Gasteiger partial charge in [-0.1, -0.05) is 54.6 Å². The number of nitrogens with zero attached hydrogens (tertiary/aromatic N) is 1. The third kappa shape index (κ3) is 2.78. The summed E-state index contributed by atoms with van der Waals surface area (Å²) in [6.07, 6.45) is 6.80. The number of para-hydroxylation sites is 2. The van der Waals surface area contributed by atoms with E-state index in [1.54, 1.807) is 0 Å². The monoisotopic (exact) mass is 297 g/mol. The molecule has 0 saturated heterocycles. The highest BCUT2D eigenvalue weighted by Gasteiger charge is 2.13. The van der Waals surface area contributed by atoms with Gasteiger partial charge in [0, 0.05) is 17.1 Å². The van der Waals surface area contributed by atoms with Crippen LogP contribution in [-0.2, 0) is 6.42 Å². The van der Waals surface area contributed by atoms with Crippen molar-refractivity contribution in [3.63, 3.8) is 0 Å². The van der Waals surface area contributed by atoms with Crippen molar-refractivity contribution in [2.45, 2.75) is 12.8 Å². The minimum atomic E-state index is 1.14. The van der Waals surface area contributed by atoms with Crippen LogP contribution in [0.1, 0.15) is 17.5 Å². The number of hydrogen-bond donors (Lipinski definition) is 0. The summed E-state index contributed by atoms with van der Waals surface area (Å²) in [5.74, 6) is 0. The minimum Gasteiger partial charge on any atom is -0.310 e. The van der Waals surface area contributed by atoms with Gasteiger partial charge in [0.15, 0.2) is 0 Å². The van der Waals surface area contributed by atoms with Crippen molar-refractivity contribution in [2.24, 2.45) is 0 Å². The van der Waals surface area contributed by atoms with E-state index in [9.17, 15) is 0 Å². The average Bonchev–Trinajstić information content (AvgIpc) is 2.64. The Morgan fingerprint density at radius 3 is 1.96 bits per heavy atom. The van der Waals surface area contributed by atoms with Crippen molar-refractivity contribution in [1.82, 2.24) is 0 Å². The van der Waals surface area contributed by atoms with Crippen LogP contribution < -0.4 is 4.90 Å². The molecule has 1 heteroatoms. The Bertz CT molecular complexity index is 780. The predicted octanol–water partition coefficient (Wildman–Crippen LogP) is 6.12. The number of allylic oxidation sites excluding steroid dienone is 1. The molecular formula is C22H19N. The molecule has 4 rings (SSSR count). The molecule has 0 fully saturated rings. The summed E-state index contributed by atoms with van der Waals surface area (Å²) >= 11 is 0. The van der Waals surface area contributed by atoms with E-state index in [-0.39, 0.29) is 0 Å². The molecule has 3 aromatic rings. The van der Waals surface area contributed by atoms with E-state index in [4.69, 9.17) is 0 Å². The zero-order valence-electron chi connectivity index (χ0n) is 13.0. The summed E-state index contributed by atoms with van der Waals surface area (Å²) in [6.45, 7) is 0. The van der Waals surface area contributed by atoms with Crippen LogP contribution in [0.25, 0.3) is 6.08 Å². The second-order valence-electron chi connectivity index (χ2n) is 5.83. The molecular weight excluding hydrogens is 278 g/mol. The molecule has 23 heavy (non-hydrogen) atoms. The summed E-state index contributed by atoms with van der Waals surface area (Å²) < 4.78 is 0. The van der Waals surface area contributed by atoms with Crippen LogP contribution in [0.15, 0.2) is 84.9 Å². The lowest BCUT2D eigenvalue weighted by Gasteiger charge is -2.26. The zero-order valence-corrected chi connectivity index (χ0v) is 13.0. The maximum absolute atomic E-state index is 2.31. The number of fused-ring (bicyclic) bond motifs is 1. The highest BCUT2D eigenvalue weighted by atomic mass is 15.1. The van der Waals surface area contributed by atoms with E-state index in [1.165, 1.54) is 28.2 Å². The van der Waals surface area contributed by atoms with Crippen LogP contribution in [0.5, 0.6) is 0 Å². The lowest BCUT2D eigenvalue weighted by Crippen LogP contribution is -2.10. The van der Waals surface area contributed by atoms with Crippen LogP contribution in [0.3, 0.4) is 0 Å². The normalized spacial score (nSPS) is 12.7. The van der Waals surface area contributed by atoms with Gasteiger partial charge in [0.05, 0.1) is 0 Å². The van der Waals surface area contributed by atoms with Crippen molar-refractivity contribution in [3.05, 3.63) is 96.1 Å². The fourth-order valence-electron chi connectivity index (χ4n) is 3.15. The first kappa shape index (κ1) is 13.8. The Morgan fingerprint density at radius 1 is 0.652 bits per heavy atom. The van der Waals surface area contributed by atoms with Gasteiger partial charge in [-0.25, -0.2) is 0 Å². The Kier molecular flexibility index (Phi) is 3.69. The molecule has 0 heterocycles. The maximum Gasteiger partial charge on any atom is 0.0467 e. The predicted molar refractivity (Wildman–Crippen MR) is 98.5 cm³/mol. The second kappa shape index (κ2) is 6.13. The van der Waals surface area contributed by atoms with Gasteiger partial charge in [0.1, 0.15) is 0 Å². The molecule has 1 aliphatic rings. The Labute approximate surface area is 137 Å². The van der Waals surface area contributed by atoms with Crippen molar-refractivity contribution in [3.8, 4) is 0 Å². The lowest BCUT2D eigenvalue weighted by atomic mass is 9.96. The quantitative estimate of drug-likeness (QED) is 0.563. The topological polar surface area (TPSA) is 3.24 Å². The number of aryl methyl sites for hydroxylation is 1. The van der Waals surface area contributed by atoms with Gasteiger partial charge in [0.2, 0.25) is 0 Å². The summed E-state index contributed by atoms with van der Waals surface area (Å²) in [5.41, 5.74) is 6.34. The minimum absolute atomic E-state index is 1.14. The van der Waals surface area contributed by atoms with E-state index in [0.717, 1.165) is 12.8 Å². The highest BCUT2D eigenvalue weighted by Crippen LogP contribution is 2.36. The van der Waals surface area contributed by atoms with E-state index < -0.39 is 0 Å². The van der Waals surface area contributed by atoms with Gasteiger partial charge < -0.3 is 4.90 Å².